The molecule has 188 valence electrons. The van der Waals surface area contributed by atoms with E-state index >= 15 is 0 Å². The van der Waals surface area contributed by atoms with Crippen molar-refractivity contribution in [1.82, 2.24) is 0 Å². The molecule has 0 amide bonds. The fourth-order valence-electron chi connectivity index (χ4n) is 6.07. The maximum Gasteiger partial charge on any atom is -1.00 e. The number of benzene rings is 3. The Bertz CT molecular complexity index is 1110. The van der Waals surface area contributed by atoms with Crippen molar-refractivity contribution in [2.45, 2.75) is 58.2 Å². The monoisotopic (exact) mass is 588 g/mol. The van der Waals surface area contributed by atoms with E-state index in [-0.39, 0.29) is 40.6 Å². The zero-order valence-electron chi connectivity index (χ0n) is 22.3. The van der Waals surface area contributed by atoms with Crippen molar-refractivity contribution in [2.75, 3.05) is 0 Å². The van der Waals surface area contributed by atoms with E-state index < -0.39 is 8.07 Å². The summed E-state index contributed by atoms with van der Waals surface area (Å²) in [5.74, 6) is 0. The van der Waals surface area contributed by atoms with E-state index in [1.54, 1.807) is 5.57 Å². The van der Waals surface area contributed by atoms with Crippen LogP contribution in [0.4, 0.5) is 0 Å². The smallest absolute Gasteiger partial charge is 1.00 e. The summed E-state index contributed by atoms with van der Waals surface area (Å²) in [6.45, 7) is 15.8. The van der Waals surface area contributed by atoms with Gasteiger partial charge in [0.15, 0.2) is 0 Å². The molecule has 0 saturated carbocycles. The number of hydrogen-bond donors (Lipinski definition) is 0. The molecule has 0 saturated heterocycles. The molecule has 0 nitrogen and oxygen atoms in total. The van der Waals surface area contributed by atoms with Gasteiger partial charge in [0.05, 0.1) is 0 Å². The van der Waals surface area contributed by atoms with Crippen LogP contribution in [0.1, 0.15) is 46.7 Å². The van der Waals surface area contributed by atoms with E-state index in [0.717, 1.165) is 6.42 Å². The van der Waals surface area contributed by atoms with Crippen LogP contribution in [-0.4, -0.2) is 8.07 Å². The van der Waals surface area contributed by atoms with Gasteiger partial charge >= 0.3 is 214 Å². The molecule has 1 aliphatic rings. The van der Waals surface area contributed by atoms with Crippen molar-refractivity contribution in [3.05, 3.63) is 112 Å². The van der Waals surface area contributed by atoms with Crippen LogP contribution in [-0.2, 0) is 20.4 Å². The zero-order valence-corrected chi connectivity index (χ0v) is 27.1. The third-order valence-corrected chi connectivity index (χ3v) is 14.7. The Morgan fingerprint density at radius 2 is 0.889 bits per heavy atom. The second-order valence-corrected chi connectivity index (χ2v) is 16.1. The average molecular weight is 590 g/mol. The average Bonchev–Trinajstić information content (AvgIpc) is 3.08. The standard InChI is InChI=1S/C31H35Si.3ClH.Ti/c1-8-27-10-9-11-31(27)32(28-15-21(2)12-22(3)16-28,29-17-23(4)13-24(5)18-29)30-19-25(6)14-26(7)20-30;;;;/h9-20H,8H2,1-7H3;3*1H;/q;;;;+3/p-3. The summed E-state index contributed by atoms with van der Waals surface area (Å²) in [6.07, 6.45) is 8.29. The van der Waals surface area contributed by atoms with E-state index in [9.17, 15) is 0 Å². The molecule has 36 heavy (non-hydrogen) atoms. The number of rotatable bonds is 5. The first-order valence-corrected chi connectivity index (χ1v) is 14.8. The van der Waals surface area contributed by atoms with Crippen LogP contribution in [0, 0.1) is 41.5 Å². The maximum absolute atomic E-state index is 2.54. The largest absolute Gasteiger partial charge is 1.00 e. The maximum atomic E-state index is 2.52. The first kappa shape index (κ1) is 33.0. The van der Waals surface area contributed by atoms with Gasteiger partial charge in [0, 0.05) is 0 Å². The topological polar surface area (TPSA) is 0 Å². The molecule has 0 N–H and O–H groups in total. The van der Waals surface area contributed by atoms with Crippen molar-refractivity contribution >= 4 is 23.6 Å². The minimum atomic E-state index is -2.54. The zero-order chi connectivity index (χ0) is 24.0. The first-order chi connectivity index (χ1) is 15.6. The normalized spacial score (nSPS) is 16.5. The Morgan fingerprint density at radius 3 is 1.17 bits per heavy atom. The number of hydrogen-bond acceptors (Lipinski definition) is 0. The molecular weight excluding hydrogens is 555 g/mol. The molecule has 0 spiro atoms. The van der Waals surface area contributed by atoms with Crippen molar-refractivity contribution in [1.29, 1.82) is 0 Å². The minimum absolute atomic E-state index is 0. The molecule has 0 radical (unpaired) electrons. The molecule has 1 unspecified atom stereocenters. The van der Waals surface area contributed by atoms with Crippen LogP contribution in [0.5, 0.6) is 0 Å². The van der Waals surface area contributed by atoms with E-state index in [2.05, 4.69) is 142 Å². The molecule has 5 heteroatoms. The predicted molar refractivity (Wildman–Crippen MR) is 143 cm³/mol. The van der Waals surface area contributed by atoms with Gasteiger partial charge in [-0.1, -0.05) is 0 Å². The third-order valence-electron chi connectivity index (χ3n) is 7.09. The Morgan fingerprint density at radius 1 is 0.583 bits per heavy atom. The van der Waals surface area contributed by atoms with Crippen molar-refractivity contribution in [2.24, 2.45) is 0 Å². The van der Waals surface area contributed by atoms with E-state index in [1.165, 1.54) is 48.9 Å². The van der Waals surface area contributed by atoms with Crippen LogP contribution in [0.15, 0.2) is 78.4 Å². The van der Waals surface area contributed by atoms with Crippen LogP contribution in [0.3, 0.4) is 0 Å². The van der Waals surface area contributed by atoms with Gasteiger partial charge in [-0.2, -0.15) is 0 Å². The van der Waals surface area contributed by atoms with Gasteiger partial charge in [0.25, 0.3) is 0 Å². The Balaban J connectivity index is 0.00000216. The van der Waals surface area contributed by atoms with Gasteiger partial charge in [-0.15, -0.1) is 0 Å². The Kier molecular flexibility index (Phi) is 11.6. The summed E-state index contributed by atoms with van der Waals surface area (Å²) in [6, 6.07) is 21.9. The summed E-state index contributed by atoms with van der Waals surface area (Å²) < 4.78 is -0.0392. The quantitative estimate of drug-likeness (QED) is 0.223. The molecule has 0 heterocycles. The molecule has 0 fully saturated rings. The van der Waals surface area contributed by atoms with Gasteiger partial charge in [0.2, 0.25) is 0 Å². The van der Waals surface area contributed by atoms with Crippen molar-refractivity contribution in [3.63, 3.8) is 0 Å². The molecule has 1 aliphatic carbocycles. The SMILES string of the molecule is CCC1=CC=C[C]1([Ti+3])[Si](c1cc(C)cc(C)c1)(c1cc(C)cc(C)c1)c1cc(C)cc(C)c1.[Cl-].[Cl-].[Cl-]. The van der Waals surface area contributed by atoms with Crippen LogP contribution in [0.25, 0.3) is 0 Å². The molecule has 0 aromatic heterocycles. The Hall–Kier alpha value is -1.06. The summed E-state index contributed by atoms with van der Waals surface area (Å²) in [7, 11) is -2.54. The minimum Gasteiger partial charge on any atom is -1.00 e. The third kappa shape index (κ3) is 5.68. The molecule has 0 aliphatic heterocycles. The Labute approximate surface area is 249 Å². The number of halogens is 3. The fraction of sp³-hybridized carbons (Fsp3) is 0.290. The van der Waals surface area contributed by atoms with Crippen molar-refractivity contribution < 1.29 is 57.7 Å². The van der Waals surface area contributed by atoms with Crippen LogP contribution in [0.2, 0.25) is 3.34 Å². The van der Waals surface area contributed by atoms with Crippen LogP contribution < -0.4 is 52.8 Å². The van der Waals surface area contributed by atoms with Gasteiger partial charge in [-0.3, -0.25) is 0 Å². The van der Waals surface area contributed by atoms with E-state index in [0.29, 0.717) is 0 Å². The summed E-state index contributed by atoms with van der Waals surface area (Å²) in [5.41, 5.74) is 9.65. The second-order valence-electron chi connectivity index (χ2n) is 10.1. The second kappa shape index (κ2) is 12.7. The summed E-state index contributed by atoms with van der Waals surface area (Å²) in [5, 5.41) is 4.55. The van der Waals surface area contributed by atoms with Gasteiger partial charge < -0.3 is 37.2 Å². The summed E-state index contributed by atoms with van der Waals surface area (Å²) >= 11 is 2.52. The molecule has 0 bridgehead atoms. The van der Waals surface area contributed by atoms with Gasteiger partial charge in [-0.25, -0.2) is 0 Å². The molecular formula is C31H35Cl3SiTi. The molecule has 4 rings (SSSR count). The first-order valence-electron chi connectivity index (χ1n) is 12.0. The number of allylic oxidation sites excluding steroid dienone is 4. The molecule has 3 aromatic carbocycles. The molecule has 3 aromatic rings. The van der Waals surface area contributed by atoms with Gasteiger partial charge in [0.1, 0.15) is 0 Å². The molecule has 1 atom stereocenters. The van der Waals surface area contributed by atoms with Gasteiger partial charge in [-0.05, 0) is 0 Å². The van der Waals surface area contributed by atoms with E-state index in [1.807, 2.05) is 0 Å². The van der Waals surface area contributed by atoms with Crippen molar-refractivity contribution in [3.8, 4) is 0 Å². The predicted octanol–water partition coefficient (Wildman–Crippen LogP) is -2.83. The summed E-state index contributed by atoms with van der Waals surface area (Å²) in [4.78, 5) is 0. The van der Waals surface area contributed by atoms with E-state index in [4.69, 9.17) is 0 Å². The van der Waals surface area contributed by atoms with Crippen LogP contribution >= 0.6 is 0 Å². The number of aryl methyl sites for hydroxylation is 6. The fourth-order valence-corrected chi connectivity index (χ4v) is 14.8.